The van der Waals surface area contributed by atoms with Gasteiger partial charge >= 0.3 is 0 Å². The zero-order chi connectivity index (χ0) is 35.1. The van der Waals surface area contributed by atoms with E-state index >= 15 is 0 Å². The van der Waals surface area contributed by atoms with Crippen molar-refractivity contribution >= 4 is 32.6 Å². The summed E-state index contributed by atoms with van der Waals surface area (Å²) in [5.41, 5.74) is 11.1. The van der Waals surface area contributed by atoms with Gasteiger partial charge in [0.1, 0.15) is 0 Å². The summed E-state index contributed by atoms with van der Waals surface area (Å²) in [6, 6.07) is 68.2. The second-order valence-electron chi connectivity index (χ2n) is 13.2. The molecule has 0 amide bonds. The van der Waals surface area contributed by atoms with Gasteiger partial charge in [-0.25, -0.2) is 15.0 Å². The molecule has 0 atom stereocenters. The van der Waals surface area contributed by atoms with Crippen LogP contribution in [0.1, 0.15) is 0 Å². The van der Waals surface area contributed by atoms with Gasteiger partial charge in [0.2, 0.25) is 0 Å². The molecule has 0 fully saturated rings. The fraction of sp³-hybridized carbons (Fsp3) is 0. The SMILES string of the molecule is c1ccc(-c2ccc3c(c2)c2ccccc2n3-c2cccc3cccc(-c4ccc(-c5nc(-c6ccccc6)nc(-c6ccccc6)n5)cc4)c23)cc1. The molecule has 10 rings (SSSR count). The third kappa shape index (κ3) is 5.45. The summed E-state index contributed by atoms with van der Waals surface area (Å²) in [5.74, 6) is 1.95. The molecular formula is C49H32N4. The van der Waals surface area contributed by atoms with E-state index in [9.17, 15) is 0 Å². The molecule has 4 heteroatoms. The van der Waals surface area contributed by atoms with E-state index < -0.39 is 0 Å². The first-order valence-corrected chi connectivity index (χ1v) is 17.9. The first-order valence-electron chi connectivity index (χ1n) is 17.9. The van der Waals surface area contributed by atoms with Crippen molar-refractivity contribution in [2.45, 2.75) is 0 Å². The Balaban J connectivity index is 1.12. The zero-order valence-corrected chi connectivity index (χ0v) is 28.8. The Morgan fingerprint density at radius 3 is 1.45 bits per heavy atom. The van der Waals surface area contributed by atoms with Gasteiger partial charge in [-0.1, -0.05) is 170 Å². The van der Waals surface area contributed by atoms with Gasteiger partial charge in [-0.15, -0.1) is 0 Å². The maximum atomic E-state index is 4.96. The molecule has 0 aliphatic carbocycles. The molecule has 4 nitrogen and oxygen atoms in total. The normalized spacial score (nSPS) is 11.4. The van der Waals surface area contributed by atoms with E-state index in [1.165, 1.54) is 49.3 Å². The van der Waals surface area contributed by atoms with Crippen LogP contribution in [-0.2, 0) is 0 Å². The maximum Gasteiger partial charge on any atom is 0.164 e. The lowest BCUT2D eigenvalue weighted by Crippen LogP contribution is -2.00. The Bertz CT molecular complexity index is 2850. The molecule has 0 saturated carbocycles. The van der Waals surface area contributed by atoms with Crippen molar-refractivity contribution in [1.29, 1.82) is 0 Å². The topological polar surface area (TPSA) is 43.6 Å². The number of hydrogen-bond donors (Lipinski definition) is 0. The van der Waals surface area contributed by atoms with Crippen LogP contribution in [-0.4, -0.2) is 19.5 Å². The minimum atomic E-state index is 0.642. The lowest BCUT2D eigenvalue weighted by molar-refractivity contribution is 1.07. The van der Waals surface area contributed by atoms with Crippen molar-refractivity contribution in [3.8, 4) is 62.1 Å². The van der Waals surface area contributed by atoms with Crippen molar-refractivity contribution in [3.05, 3.63) is 194 Å². The Morgan fingerprint density at radius 1 is 0.321 bits per heavy atom. The summed E-state index contributed by atoms with van der Waals surface area (Å²) in [6.07, 6.45) is 0. The lowest BCUT2D eigenvalue weighted by Gasteiger charge is -2.16. The maximum absolute atomic E-state index is 4.96. The number of hydrogen-bond acceptors (Lipinski definition) is 3. The summed E-state index contributed by atoms with van der Waals surface area (Å²) in [7, 11) is 0. The summed E-state index contributed by atoms with van der Waals surface area (Å²) >= 11 is 0. The predicted molar refractivity (Wildman–Crippen MR) is 219 cm³/mol. The summed E-state index contributed by atoms with van der Waals surface area (Å²) in [6.45, 7) is 0. The van der Waals surface area contributed by atoms with Crippen LogP contribution in [0.4, 0.5) is 0 Å². The molecule has 10 aromatic rings. The van der Waals surface area contributed by atoms with E-state index in [0.717, 1.165) is 27.9 Å². The molecule has 0 radical (unpaired) electrons. The number of nitrogens with zero attached hydrogens (tertiary/aromatic N) is 4. The van der Waals surface area contributed by atoms with E-state index in [1.807, 2.05) is 60.7 Å². The highest BCUT2D eigenvalue weighted by Gasteiger charge is 2.18. The summed E-state index contributed by atoms with van der Waals surface area (Å²) in [5, 5.41) is 4.87. The minimum Gasteiger partial charge on any atom is -0.309 e. The number of benzene rings is 8. The molecule has 0 unspecified atom stereocenters. The Labute approximate surface area is 307 Å². The largest absolute Gasteiger partial charge is 0.309 e. The lowest BCUT2D eigenvalue weighted by atomic mass is 9.96. The Morgan fingerprint density at radius 2 is 0.811 bits per heavy atom. The van der Waals surface area contributed by atoms with Crippen LogP contribution in [0, 0.1) is 0 Å². The quantitative estimate of drug-likeness (QED) is 0.176. The molecule has 0 aliphatic rings. The fourth-order valence-electron chi connectivity index (χ4n) is 7.53. The molecule has 0 saturated heterocycles. The molecule has 0 spiro atoms. The van der Waals surface area contributed by atoms with E-state index in [4.69, 9.17) is 15.0 Å². The van der Waals surface area contributed by atoms with Crippen LogP contribution in [0.15, 0.2) is 194 Å². The Hall–Kier alpha value is -7.17. The molecule has 2 heterocycles. The van der Waals surface area contributed by atoms with Crippen molar-refractivity contribution in [3.63, 3.8) is 0 Å². The molecule has 0 aliphatic heterocycles. The first-order chi connectivity index (χ1) is 26.3. The average molecular weight is 677 g/mol. The first kappa shape index (κ1) is 30.6. The smallest absolute Gasteiger partial charge is 0.164 e. The van der Waals surface area contributed by atoms with Gasteiger partial charge in [-0.3, -0.25) is 0 Å². The van der Waals surface area contributed by atoms with E-state index in [2.05, 4.69) is 138 Å². The van der Waals surface area contributed by atoms with Gasteiger partial charge in [0, 0.05) is 32.8 Å². The molecular weight excluding hydrogens is 645 g/mol. The Kier molecular flexibility index (Phi) is 7.43. The van der Waals surface area contributed by atoms with Crippen LogP contribution in [0.25, 0.3) is 94.7 Å². The third-order valence-corrected chi connectivity index (χ3v) is 10.1. The molecule has 53 heavy (non-hydrogen) atoms. The highest BCUT2D eigenvalue weighted by atomic mass is 15.0. The van der Waals surface area contributed by atoms with Crippen molar-refractivity contribution in [2.24, 2.45) is 0 Å². The molecule has 248 valence electrons. The van der Waals surface area contributed by atoms with Gasteiger partial charge in [-0.2, -0.15) is 0 Å². The van der Waals surface area contributed by atoms with Crippen molar-refractivity contribution < 1.29 is 0 Å². The number of para-hydroxylation sites is 1. The molecule has 0 N–H and O–H groups in total. The van der Waals surface area contributed by atoms with Crippen LogP contribution in [0.5, 0.6) is 0 Å². The standard InChI is InChI=1S/C49H32N4/c1-4-14-33(15-5-1)39-30-31-44-42(32-39)41-22-10-11-24-43(41)53(44)45-25-13-21-35-20-12-23-40(46(35)45)34-26-28-38(29-27-34)49-51-47(36-16-6-2-7-17-36)50-48(52-49)37-18-8-3-9-19-37/h1-32H. The number of fused-ring (bicyclic) bond motifs is 4. The predicted octanol–water partition coefficient (Wildman–Crippen LogP) is 12.5. The van der Waals surface area contributed by atoms with Gasteiger partial charge in [-0.05, 0) is 51.9 Å². The average Bonchev–Trinajstić information content (AvgIpc) is 3.57. The number of aromatic nitrogens is 4. The summed E-state index contributed by atoms with van der Waals surface area (Å²) < 4.78 is 2.43. The van der Waals surface area contributed by atoms with Gasteiger partial charge in [0.15, 0.2) is 17.5 Å². The van der Waals surface area contributed by atoms with Crippen LogP contribution in [0.2, 0.25) is 0 Å². The minimum absolute atomic E-state index is 0.642. The highest BCUT2D eigenvalue weighted by molar-refractivity contribution is 6.13. The molecule has 0 bridgehead atoms. The van der Waals surface area contributed by atoms with Crippen LogP contribution < -0.4 is 0 Å². The highest BCUT2D eigenvalue weighted by Crippen LogP contribution is 2.40. The van der Waals surface area contributed by atoms with E-state index in [1.54, 1.807) is 0 Å². The van der Waals surface area contributed by atoms with Gasteiger partial charge < -0.3 is 4.57 Å². The van der Waals surface area contributed by atoms with E-state index in [0.29, 0.717) is 17.5 Å². The summed E-state index contributed by atoms with van der Waals surface area (Å²) in [4.78, 5) is 14.8. The van der Waals surface area contributed by atoms with Crippen LogP contribution in [0.3, 0.4) is 0 Å². The number of rotatable bonds is 6. The van der Waals surface area contributed by atoms with Gasteiger partial charge in [0.25, 0.3) is 0 Å². The third-order valence-electron chi connectivity index (χ3n) is 10.1. The van der Waals surface area contributed by atoms with E-state index in [-0.39, 0.29) is 0 Å². The second kappa shape index (κ2) is 12.9. The zero-order valence-electron chi connectivity index (χ0n) is 28.8. The molecule has 8 aromatic carbocycles. The van der Waals surface area contributed by atoms with Crippen molar-refractivity contribution in [1.82, 2.24) is 19.5 Å². The molecule has 2 aromatic heterocycles. The second-order valence-corrected chi connectivity index (χ2v) is 13.2. The van der Waals surface area contributed by atoms with Crippen molar-refractivity contribution in [2.75, 3.05) is 0 Å². The fourth-order valence-corrected chi connectivity index (χ4v) is 7.53. The van der Waals surface area contributed by atoms with Gasteiger partial charge in [0.05, 0.1) is 16.7 Å². The monoisotopic (exact) mass is 676 g/mol. The van der Waals surface area contributed by atoms with Crippen LogP contribution >= 0.6 is 0 Å².